The number of nitrogens with one attached hydrogen (secondary N) is 1. The topological polar surface area (TPSA) is 52.6 Å². The molecule has 0 spiro atoms. The number of nitrogens with zero attached hydrogens (tertiary/aromatic N) is 1. The largest absolute Gasteiger partial charge is 0.390 e. The molecule has 1 heterocycles. The lowest BCUT2D eigenvalue weighted by Gasteiger charge is -2.26. The number of carbonyl (C=O) groups excluding carboxylic acids is 1. The normalized spacial score (nSPS) is 23.1. The minimum atomic E-state index is -0.534. The number of hydrogen-bond donors (Lipinski definition) is 2. The van der Waals surface area contributed by atoms with Crippen molar-refractivity contribution in [2.75, 3.05) is 20.1 Å². The van der Waals surface area contributed by atoms with Gasteiger partial charge in [-0.2, -0.15) is 0 Å². The Balaban J connectivity index is 2.20. The molecule has 1 aliphatic rings. The third-order valence-corrected chi connectivity index (χ3v) is 3.94. The van der Waals surface area contributed by atoms with Gasteiger partial charge in [-0.25, -0.2) is 0 Å². The minimum Gasteiger partial charge on any atom is -0.390 e. The highest BCUT2D eigenvalue weighted by Gasteiger charge is 2.32. The first-order valence-corrected chi connectivity index (χ1v) is 6.79. The number of aliphatic hydroxyl groups is 1. The van der Waals surface area contributed by atoms with Gasteiger partial charge in [0.25, 0.3) is 5.91 Å². The van der Waals surface area contributed by atoms with Crippen LogP contribution in [-0.2, 0) is 0 Å². The number of β-amino-alcohol motifs (C(OH)–C–C–N with tert-alkyl or cyclic N) is 1. The predicted molar refractivity (Wildman–Crippen MR) is 73.9 cm³/mol. The van der Waals surface area contributed by atoms with E-state index in [1.54, 1.807) is 30.1 Å². The van der Waals surface area contributed by atoms with Crippen molar-refractivity contribution in [1.29, 1.82) is 0 Å². The predicted octanol–water partition coefficient (Wildman–Crippen LogP) is 1.51. The van der Waals surface area contributed by atoms with Gasteiger partial charge in [-0.15, -0.1) is 0 Å². The summed E-state index contributed by atoms with van der Waals surface area (Å²) < 4.78 is 0.828. The molecule has 18 heavy (non-hydrogen) atoms. The second-order valence-corrected chi connectivity index (χ2v) is 5.66. The zero-order valence-corrected chi connectivity index (χ0v) is 12.2. The molecule has 2 rings (SSSR count). The van der Waals surface area contributed by atoms with Crippen LogP contribution in [0.2, 0.25) is 5.02 Å². The van der Waals surface area contributed by atoms with E-state index in [0.717, 1.165) is 4.47 Å². The van der Waals surface area contributed by atoms with E-state index in [1.807, 2.05) is 0 Å². The fraction of sp³-hybridized carbons (Fsp3) is 0.417. The van der Waals surface area contributed by atoms with Crippen LogP contribution in [0.3, 0.4) is 0 Å². The van der Waals surface area contributed by atoms with Crippen LogP contribution < -0.4 is 5.32 Å². The van der Waals surface area contributed by atoms with E-state index in [0.29, 0.717) is 23.7 Å². The Morgan fingerprint density at radius 1 is 1.56 bits per heavy atom. The molecule has 1 fully saturated rings. The van der Waals surface area contributed by atoms with Gasteiger partial charge in [-0.3, -0.25) is 4.79 Å². The van der Waals surface area contributed by atoms with E-state index in [2.05, 4.69) is 21.2 Å². The van der Waals surface area contributed by atoms with Gasteiger partial charge in [0.05, 0.1) is 22.7 Å². The first kappa shape index (κ1) is 13.8. The Labute approximate surface area is 119 Å². The summed E-state index contributed by atoms with van der Waals surface area (Å²) in [7, 11) is 1.68. The molecule has 0 saturated carbocycles. The summed E-state index contributed by atoms with van der Waals surface area (Å²) in [5, 5.41) is 13.2. The van der Waals surface area contributed by atoms with Crippen molar-refractivity contribution in [3.8, 4) is 0 Å². The van der Waals surface area contributed by atoms with Crippen LogP contribution in [0.5, 0.6) is 0 Å². The molecule has 0 aliphatic carbocycles. The molecular weight excluding hydrogens is 320 g/mol. The van der Waals surface area contributed by atoms with Crippen LogP contribution in [0.1, 0.15) is 10.4 Å². The Morgan fingerprint density at radius 3 is 2.83 bits per heavy atom. The van der Waals surface area contributed by atoms with Crippen molar-refractivity contribution in [3.05, 3.63) is 33.3 Å². The number of hydrogen-bond acceptors (Lipinski definition) is 3. The van der Waals surface area contributed by atoms with Gasteiger partial charge in [0, 0.05) is 24.6 Å². The Hall–Kier alpha value is -0.620. The minimum absolute atomic E-state index is 0.180. The third-order valence-electron chi connectivity index (χ3n) is 3.13. The Morgan fingerprint density at radius 2 is 2.28 bits per heavy atom. The number of benzene rings is 1. The van der Waals surface area contributed by atoms with Crippen molar-refractivity contribution in [2.45, 2.75) is 12.1 Å². The lowest BCUT2D eigenvalue weighted by Crippen LogP contribution is -2.44. The van der Waals surface area contributed by atoms with E-state index in [1.165, 1.54) is 0 Å². The van der Waals surface area contributed by atoms with Crippen LogP contribution in [-0.4, -0.2) is 48.2 Å². The third kappa shape index (κ3) is 2.69. The molecule has 0 radical (unpaired) electrons. The molecule has 0 bridgehead atoms. The quantitative estimate of drug-likeness (QED) is 0.862. The van der Waals surface area contributed by atoms with Crippen molar-refractivity contribution in [2.24, 2.45) is 0 Å². The SMILES string of the molecule is CN(C(=O)c1ccc(Br)cc1Cl)[C@@H]1CNC[C@H]1O. The summed E-state index contributed by atoms with van der Waals surface area (Å²) in [6.07, 6.45) is -0.534. The van der Waals surface area contributed by atoms with Crippen LogP contribution in [0.15, 0.2) is 22.7 Å². The first-order valence-electron chi connectivity index (χ1n) is 5.61. The summed E-state index contributed by atoms with van der Waals surface area (Å²) in [6, 6.07) is 4.93. The van der Waals surface area contributed by atoms with E-state index >= 15 is 0 Å². The molecule has 2 N–H and O–H groups in total. The van der Waals surface area contributed by atoms with Crippen LogP contribution >= 0.6 is 27.5 Å². The summed E-state index contributed by atoms with van der Waals surface area (Å²) in [5.74, 6) is -0.180. The van der Waals surface area contributed by atoms with Crippen molar-refractivity contribution < 1.29 is 9.90 Å². The number of halogens is 2. The average Bonchev–Trinajstić information content (AvgIpc) is 2.74. The summed E-state index contributed by atoms with van der Waals surface area (Å²) in [5.41, 5.74) is 0.446. The summed E-state index contributed by atoms with van der Waals surface area (Å²) in [6.45, 7) is 1.11. The van der Waals surface area contributed by atoms with Gasteiger partial charge in [0.1, 0.15) is 0 Å². The zero-order chi connectivity index (χ0) is 13.3. The van der Waals surface area contributed by atoms with Crippen molar-refractivity contribution >= 4 is 33.4 Å². The molecule has 1 aromatic carbocycles. The van der Waals surface area contributed by atoms with Crippen molar-refractivity contribution in [1.82, 2.24) is 10.2 Å². The molecule has 6 heteroatoms. The van der Waals surface area contributed by atoms with E-state index in [9.17, 15) is 9.90 Å². The maximum absolute atomic E-state index is 12.3. The zero-order valence-electron chi connectivity index (χ0n) is 9.86. The first-order chi connectivity index (χ1) is 8.50. The standard InChI is InChI=1S/C12H14BrClN2O2/c1-16(10-5-15-6-11(10)17)12(18)8-3-2-7(13)4-9(8)14/h2-4,10-11,15,17H,5-6H2,1H3/t10-,11-/m1/s1. The van der Waals surface area contributed by atoms with Gasteiger partial charge < -0.3 is 15.3 Å². The highest BCUT2D eigenvalue weighted by atomic mass is 79.9. The number of likely N-dealkylation sites (N-methyl/N-ethyl adjacent to an activating group) is 1. The number of carbonyl (C=O) groups is 1. The maximum Gasteiger partial charge on any atom is 0.255 e. The molecule has 1 aromatic rings. The number of amides is 1. The van der Waals surface area contributed by atoms with E-state index in [4.69, 9.17) is 11.6 Å². The van der Waals surface area contributed by atoms with Gasteiger partial charge >= 0.3 is 0 Å². The van der Waals surface area contributed by atoms with E-state index in [-0.39, 0.29) is 11.9 Å². The van der Waals surface area contributed by atoms with Crippen molar-refractivity contribution in [3.63, 3.8) is 0 Å². The lowest BCUT2D eigenvalue weighted by molar-refractivity contribution is 0.0581. The fourth-order valence-electron chi connectivity index (χ4n) is 2.05. The molecule has 4 nitrogen and oxygen atoms in total. The second kappa shape index (κ2) is 5.57. The molecule has 1 saturated heterocycles. The highest BCUT2D eigenvalue weighted by molar-refractivity contribution is 9.10. The number of aliphatic hydroxyl groups excluding tert-OH is 1. The van der Waals surface area contributed by atoms with Crippen LogP contribution in [0.25, 0.3) is 0 Å². The van der Waals surface area contributed by atoms with Gasteiger partial charge in [0.2, 0.25) is 0 Å². The molecular formula is C12H14BrClN2O2. The lowest BCUT2D eigenvalue weighted by atomic mass is 10.1. The molecule has 0 unspecified atom stereocenters. The summed E-state index contributed by atoms with van der Waals surface area (Å²) >= 11 is 9.35. The molecule has 98 valence electrons. The fourth-order valence-corrected chi connectivity index (χ4v) is 2.80. The second-order valence-electron chi connectivity index (χ2n) is 4.33. The number of rotatable bonds is 2. The monoisotopic (exact) mass is 332 g/mol. The summed E-state index contributed by atoms with van der Waals surface area (Å²) in [4.78, 5) is 13.8. The van der Waals surface area contributed by atoms with Gasteiger partial charge in [-0.1, -0.05) is 27.5 Å². The highest BCUT2D eigenvalue weighted by Crippen LogP contribution is 2.23. The molecule has 1 amide bonds. The van der Waals surface area contributed by atoms with Gasteiger partial charge in [0.15, 0.2) is 0 Å². The molecule has 2 atom stereocenters. The Kier molecular flexibility index (Phi) is 4.27. The molecule has 0 aromatic heterocycles. The smallest absolute Gasteiger partial charge is 0.255 e. The van der Waals surface area contributed by atoms with Crippen LogP contribution in [0, 0.1) is 0 Å². The van der Waals surface area contributed by atoms with Crippen LogP contribution in [0.4, 0.5) is 0 Å². The average molecular weight is 334 g/mol. The van der Waals surface area contributed by atoms with Gasteiger partial charge in [-0.05, 0) is 18.2 Å². The molecule has 1 aliphatic heterocycles. The Bertz CT molecular complexity index is 469. The maximum atomic E-state index is 12.3. The van der Waals surface area contributed by atoms with E-state index < -0.39 is 6.10 Å².